The average Bonchev–Trinajstić information content (AvgIpc) is 2.26. The van der Waals surface area contributed by atoms with Gasteiger partial charge in [0.15, 0.2) is 0 Å². The van der Waals surface area contributed by atoms with Crippen molar-refractivity contribution in [2.75, 3.05) is 33.4 Å². The molecule has 0 radical (unpaired) electrons. The second kappa shape index (κ2) is 10.9. The number of aliphatic carboxylic acids is 1. The van der Waals surface area contributed by atoms with Crippen molar-refractivity contribution >= 4 is 5.97 Å². The van der Waals surface area contributed by atoms with Gasteiger partial charge >= 0.3 is 5.97 Å². The van der Waals surface area contributed by atoms with Crippen molar-refractivity contribution in [3.05, 3.63) is 0 Å². The number of hydrogen-bond acceptors (Lipinski definition) is 3. The van der Waals surface area contributed by atoms with Gasteiger partial charge in [-0.3, -0.25) is 4.79 Å². The standard InChI is InChI=1S/C12H25NO3/c1-3-13(2)9-6-4-5-7-10-16-11-8-12(14)15/h3-11H2,1-2H3,(H,14,15). The second-order valence-corrected chi connectivity index (χ2v) is 4.07. The number of carboxylic acids is 1. The third-order valence-electron chi connectivity index (χ3n) is 2.58. The van der Waals surface area contributed by atoms with Crippen LogP contribution in [-0.2, 0) is 9.53 Å². The number of carbonyl (C=O) groups is 1. The number of hydrogen-bond donors (Lipinski definition) is 1. The molecule has 0 aliphatic rings. The van der Waals surface area contributed by atoms with Gasteiger partial charge < -0.3 is 14.7 Å². The molecule has 0 heterocycles. The van der Waals surface area contributed by atoms with Crippen LogP contribution >= 0.6 is 0 Å². The zero-order chi connectivity index (χ0) is 12.2. The molecule has 1 N–H and O–H groups in total. The molecule has 0 fully saturated rings. The predicted octanol–water partition coefficient (Wildman–Crippen LogP) is 1.99. The van der Waals surface area contributed by atoms with Crippen LogP contribution in [0.5, 0.6) is 0 Å². The first-order valence-corrected chi connectivity index (χ1v) is 6.15. The minimum absolute atomic E-state index is 0.112. The van der Waals surface area contributed by atoms with Gasteiger partial charge in [-0.25, -0.2) is 0 Å². The molecule has 0 bridgehead atoms. The van der Waals surface area contributed by atoms with Crippen LogP contribution < -0.4 is 0 Å². The number of carboxylic acid groups (broad SMARTS) is 1. The minimum atomic E-state index is -0.789. The van der Waals surface area contributed by atoms with Gasteiger partial charge in [-0.05, 0) is 33.0 Å². The summed E-state index contributed by atoms with van der Waals surface area (Å²) in [5.74, 6) is -0.789. The molecular weight excluding hydrogens is 206 g/mol. The molecule has 0 saturated carbocycles. The van der Waals surface area contributed by atoms with Crippen LogP contribution in [0.25, 0.3) is 0 Å². The van der Waals surface area contributed by atoms with Crippen LogP contribution in [-0.4, -0.2) is 49.3 Å². The molecule has 4 heteroatoms. The fourth-order valence-electron chi connectivity index (χ4n) is 1.36. The summed E-state index contributed by atoms with van der Waals surface area (Å²) in [7, 11) is 2.13. The lowest BCUT2D eigenvalue weighted by Gasteiger charge is -2.12. The lowest BCUT2D eigenvalue weighted by Crippen LogP contribution is -2.18. The third-order valence-corrected chi connectivity index (χ3v) is 2.58. The van der Waals surface area contributed by atoms with Gasteiger partial charge in [0.05, 0.1) is 13.0 Å². The molecule has 16 heavy (non-hydrogen) atoms. The zero-order valence-electron chi connectivity index (χ0n) is 10.6. The van der Waals surface area contributed by atoms with Gasteiger partial charge in [0.1, 0.15) is 0 Å². The number of ether oxygens (including phenoxy) is 1. The number of rotatable bonds is 11. The normalized spacial score (nSPS) is 10.9. The smallest absolute Gasteiger partial charge is 0.305 e. The minimum Gasteiger partial charge on any atom is -0.481 e. The Labute approximate surface area is 98.6 Å². The Morgan fingerprint density at radius 2 is 1.88 bits per heavy atom. The highest BCUT2D eigenvalue weighted by atomic mass is 16.5. The van der Waals surface area contributed by atoms with Crippen molar-refractivity contribution < 1.29 is 14.6 Å². The third kappa shape index (κ3) is 11.5. The highest BCUT2D eigenvalue weighted by Gasteiger charge is 1.97. The molecule has 0 amide bonds. The maximum atomic E-state index is 10.2. The lowest BCUT2D eigenvalue weighted by molar-refractivity contribution is -0.138. The second-order valence-electron chi connectivity index (χ2n) is 4.07. The SMILES string of the molecule is CCN(C)CCCCCCOCCC(=O)O. The van der Waals surface area contributed by atoms with E-state index in [0.29, 0.717) is 13.2 Å². The average molecular weight is 231 g/mol. The first-order valence-electron chi connectivity index (χ1n) is 6.15. The van der Waals surface area contributed by atoms with Gasteiger partial charge in [0.25, 0.3) is 0 Å². The predicted molar refractivity (Wildman–Crippen MR) is 64.7 cm³/mol. The molecule has 96 valence electrons. The van der Waals surface area contributed by atoms with Crippen molar-refractivity contribution in [1.29, 1.82) is 0 Å². The zero-order valence-corrected chi connectivity index (χ0v) is 10.6. The van der Waals surface area contributed by atoms with Crippen LogP contribution in [0, 0.1) is 0 Å². The summed E-state index contributed by atoms with van der Waals surface area (Å²) in [5, 5.41) is 8.38. The molecule has 0 aromatic carbocycles. The van der Waals surface area contributed by atoms with Gasteiger partial charge in [0, 0.05) is 6.61 Å². The van der Waals surface area contributed by atoms with Crippen LogP contribution in [0.3, 0.4) is 0 Å². The van der Waals surface area contributed by atoms with E-state index in [4.69, 9.17) is 9.84 Å². The van der Waals surface area contributed by atoms with E-state index >= 15 is 0 Å². The van der Waals surface area contributed by atoms with Crippen molar-refractivity contribution in [2.45, 2.75) is 39.0 Å². The molecule has 0 unspecified atom stereocenters. The Balaban J connectivity index is 3.01. The molecule has 0 aliphatic heterocycles. The first-order chi connectivity index (χ1) is 7.66. The van der Waals surface area contributed by atoms with Crippen molar-refractivity contribution in [3.8, 4) is 0 Å². The summed E-state index contributed by atoms with van der Waals surface area (Å²) in [6.45, 7) is 5.47. The maximum absolute atomic E-state index is 10.2. The summed E-state index contributed by atoms with van der Waals surface area (Å²) in [6.07, 6.45) is 4.79. The Morgan fingerprint density at radius 1 is 1.19 bits per heavy atom. The molecule has 0 aliphatic carbocycles. The topological polar surface area (TPSA) is 49.8 Å². The summed E-state index contributed by atoms with van der Waals surface area (Å²) >= 11 is 0. The summed E-state index contributed by atoms with van der Waals surface area (Å²) in [4.78, 5) is 12.5. The highest BCUT2D eigenvalue weighted by Crippen LogP contribution is 2.01. The van der Waals surface area contributed by atoms with E-state index < -0.39 is 5.97 Å². The Hall–Kier alpha value is -0.610. The van der Waals surface area contributed by atoms with E-state index in [-0.39, 0.29) is 6.42 Å². The quantitative estimate of drug-likeness (QED) is 0.552. The Bertz CT molecular complexity index is 174. The Morgan fingerprint density at radius 3 is 2.50 bits per heavy atom. The van der Waals surface area contributed by atoms with Crippen molar-refractivity contribution in [3.63, 3.8) is 0 Å². The van der Waals surface area contributed by atoms with Gasteiger partial charge in [0.2, 0.25) is 0 Å². The molecule has 0 spiro atoms. The molecule has 0 aromatic rings. The van der Waals surface area contributed by atoms with Crippen LogP contribution in [0.2, 0.25) is 0 Å². The molecule has 0 saturated heterocycles. The van der Waals surface area contributed by atoms with Crippen LogP contribution in [0.15, 0.2) is 0 Å². The highest BCUT2D eigenvalue weighted by molar-refractivity contribution is 5.66. The molecule has 4 nitrogen and oxygen atoms in total. The summed E-state index contributed by atoms with van der Waals surface area (Å²) in [5.41, 5.74) is 0. The van der Waals surface area contributed by atoms with E-state index in [1.807, 2.05) is 0 Å². The fraction of sp³-hybridized carbons (Fsp3) is 0.917. The van der Waals surface area contributed by atoms with Gasteiger partial charge in [-0.15, -0.1) is 0 Å². The Kier molecular flexibility index (Phi) is 10.5. The van der Waals surface area contributed by atoms with E-state index in [0.717, 1.165) is 19.5 Å². The van der Waals surface area contributed by atoms with Gasteiger partial charge in [-0.1, -0.05) is 19.8 Å². The van der Waals surface area contributed by atoms with E-state index in [2.05, 4.69) is 18.9 Å². The summed E-state index contributed by atoms with van der Waals surface area (Å²) < 4.78 is 5.20. The largest absolute Gasteiger partial charge is 0.481 e. The van der Waals surface area contributed by atoms with E-state index in [9.17, 15) is 4.79 Å². The molecule has 0 atom stereocenters. The van der Waals surface area contributed by atoms with Crippen LogP contribution in [0.4, 0.5) is 0 Å². The fourth-order valence-corrected chi connectivity index (χ4v) is 1.36. The first kappa shape index (κ1) is 15.4. The van der Waals surface area contributed by atoms with E-state index in [1.165, 1.54) is 19.3 Å². The van der Waals surface area contributed by atoms with Crippen molar-refractivity contribution in [1.82, 2.24) is 4.90 Å². The number of nitrogens with zero attached hydrogens (tertiary/aromatic N) is 1. The van der Waals surface area contributed by atoms with E-state index in [1.54, 1.807) is 0 Å². The maximum Gasteiger partial charge on any atom is 0.305 e. The molecular formula is C12H25NO3. The molecule has 0 rings (SSSR count). The lowest BCUT2D eigenvalue weighted by atomic mass is 10.2. The van der Waals surface area contributed by atoms with Crippen molar-refractivity contribution in [2.24, 2.45) is 0 Å². The van der Waals surface area contributed by atoms with Gasteiger partial charge in [-0.2, -0.15) is 0 Å². The summed E-state index contributed by atoms with van der Waals surface area (Å²) in [6, 6.07) is 0. The molecule has 0 aromatic heterocycles. The van der Waals surface area contributed by atoms with Crippen LogP contribution in [0.1, 0.15) is 39.0 Å². The number of unbranched alkanes of at least 4 members (excludes halogenated alkanes) is 3. The monoisotopic (exact) mass is 231 g/mol.